The molecule has 1 rings (SSSR count). The standard InChI is InChI=1S/C18H34N4OS/c1-8-19-17(21-13-16(23-7)18(2,3)4)20-12-14(22(5)6)15-10-9-11-24-15/h9-11,14,16H,8,12-13H2,1-7H3,(H2,19,20,21). The Balaban J connectivity index is 2.72. The lowest BCUT2D eigenvalue weighted by molar-refractivity contribution is 0.0241. The third kappa shape index (κ3) is 6.79. The predicted octanol–water partition coefficient (Wildman–Crippen LogP) is 2.97. The Morgan fingerprint density at radius 2 is 2.04 bits per heavy atom. The Hall–Kier alpha value is -1.11. The summed E-state index contributed by atoms with van der Waals surface area (Å²) in [5.41, 5.74) is 0.0682. The van der Waals surface area contributed by atoms with Crippen LogP contribution in [0.25, 0.3) is 0 Å². The molecule has 138 valence electrons. The van der Waals surface area contributed by atoms with E-state index in [0.29, 0.717) is 12.6 Å². The zero-order valence-corrected chi connectivity index (χ0v) is 17.0. The maximum absolute atomic E-state index is 5.60. The van der Waals surface area contributed by atoms with E-state index in [1.807, 2.05) is 0 Å². The molecule has 0 amide bonds. The van der Waals surface area contributed by atoms with Crippen LogP contribution >= 0.6 is 11.3 Å². The van der Waals surface area contributed by atoms with Crippen molar-refractivity contribution in [3.05, 3.63) is 22.4 Å². The first-order valence-electron chi connectivity index (χ1n) is 8.54. The Morgan fingerprint density at radius 1 is 1.33 bits per heavy atom. The van der Waals surface area contributed by atoms with Gasteiger partial charge in [0.05, 0.1) is 18.7 Å². The number of hydrogen-bond acceptors (Lipinski definition) is 4. The number of rotatable bonds is 8. The molecule has 0 spiro atoms. The maximum atomic E-state index is 5.60. The second-order valence-corrected chi connectivity index (χ2v) is 8.16. The minimum Gasteiger partial charge on any atom is -0.379 e. The van der Waals surface area contributed by atoms with Crippen LogP contribution < -0.4 is 10.6 Å². The Labute approximate surface area is 151 Å². The van der Waals surface area contributed by atoms with Crippen molar-refractivity contribution in [3.63, 3.8) is 0 Å². The highest BCUT2D eigenvalue weighted by atomic mass is 32.1. The normalized spacial score (nSPS) is 15.4. The van der Waals surface area contributed by atoms with Gasteiger partial charge in [-0.1, -0.05) is 26.8 Å². The third-order valence-electron chi connectivity index (χ3n) is 3.97. The van der Waals surface area contributed by atoms with Gasteiger partial charge in [-0.05, 0) is 37.9 Å². The van der Waals surface area contributed by atoms with E-state index < -0.39 is 0 Å². The van der Waals surface area contributed by atoms with E-state index in [0.717, 1.165) is 19.0 Å². The van der Waals surface area contributed by atoms with Gasteiger partial charge in [0.2, 0.25) is 0 Å². The van der Waals surface area contributed by atoms with E-state index >= 15 is 0 Å². The van der Waals surface area contributed by atoms with Crippen molar-refractivity contribution in [2.75, 3.05) is 40.8 Å². The SMILES string of the molecule is CCNC(=NCC(OC)C(C)(C)C)NCC(c1cccs1)N(C)C. The minimum atomic E-state index is 0.0682. The molecule has 0 bridgehead atoms. The first-order valence-corrected chi connectivity index (χ1v) is 9.42. The van der Waals surface area contributed by atoms with Gasteiger partial charge in [0.25, 0.3) is 0 Å². The zero-order valence-electron chi connectivity index (χ0n) is 16.2. The van der Waals surface area contributed by atoms with Crippen molar-refractivity contribution >= 4 is 17.3 Å². The van der Waals surface area contributed by atoms with E-state index in [9.17, 15) is 0 Å². The highest BCUT2D eigenvalue weighted by molar-refractivity contribution is 7.10. The van der Waals surface area contributed by atoms with Crippen LogP contribution in [0.1, 0.15) is 38.6 Å². The Bertz CT molecular complexity index is 480. The summed E-state index contributed by atoms with van der Waals surface area (Å²) in [6.45, 7) is 10.9. The number of ether oxygens (including phenoxy) is 1. The maximum Gasteiger partial charge on any atom is 0.191 e. The molecule has 2 atom stereocenters. The molecular formula is C18H34N4OS. The summed E-state index contributed by atoms with van der Waals surface area (Å²) in [5, 5.41) is 8.91. The first-order chi connectivity index (χ1) is 11.3. The first kappa shape index (κ1) is 20.9. The van der Waals surface area contributed by atoms with Crippen molar-refractivity contribution in [3.8, 4) is 0 Å². The monoisotopic (exact) mass is 354 g/mol. The van der Waals surface area contributed by atoms with Crippen molar-refractivity contribution in [1.82, 2.24) is 15.5 Å². The number of nitrogens with zero attached hydrogens (tertiary/aromatic N) is 2. The van der Waals surface area contributed by atoms with Gasteiger partial charge in [-0.3, -0.25) is 4.99 Å². The average Bonchev–Trinajstić information content (AvgIpc) is 3.00. The largest absolute Gasteiger partial charge is 0.379 e. The highest BCUT2D eigenvalue weighted by Gasteiger charge is 2.24. The summed E-state index contributed by atoms with van der Waals surface area (Å²) >= 11 is 1.79. The van der Waals surface area contributed by atoms with Gasteiger partial charge in [0.15, 0.2) is 5.96 Å². The number of methoxy groups -OCH3 is 1. The lowest BCUT2D eigenvalue weighted by Crippen LogP contribution is -2.42. The molecule has 5 nitrogen and oxygen atoms in total. The van der Waals surface area contributed by atoms with E-state index in [1.165, 1.54) is 4.88 Å². The molecule has 24 heavy (non-hydrogen) atoms. The van der Waals surface area contributed by atoms with Gasteiger partial charge in [-0.15, -0.1) is 11.3 Å². The summed E-state index contributed by atoms with van der Waals surface area (Å²) in [6, 6.07) is 4.61. The van der Waals surface area contributed by atoms with Crippen LogP contribution in [-0.4, -0.2) is 57.8 Å². The van der Waals surface area contributed by atoms with Gasteiger partial charge in [0.1, 0.15) is 0 Å². The van der Waals surface area contributed by atoms with Crippen molar-refractivity contribution in [1.29, 1.82) is 0 Å². The van der Waals surface area contributed by atoms with E-state index in [1.54, 1.807) is 18.4 Å². The zero-order chi connectivity index (χ0) is 18.2. The minimum absolute atomic E-state index is 0.0682. The van der Waals surface area contributed by atoms with Crippen LogP contribution in [0.3, 0.4) is 0 Å². The molecule has 2 N–H and O–H groups in total. The molecule has 0 saturated carbocycles. The van der Waals surface area contributed by atoms with Crippen molar-refractivity contribution < 1.29 is 4.74 Å². The summed E-state index contributed by atoms with van der Waals surface area (Å²) in [5.74, 6) is 0.840. The molecule has 0 aliphatic heterocycles. The van der Waals surface area contributed by atoms with Crippen LogP contribution in [0.5, 0.6) is 0 Å². The Morgan fingerprint density at radius 3 is 2.50 bits per heavy atom. The lowest BCUT2D eigenvalue weighted by Gasteiger charge is -2.28. The van der Waals surface area contributed by atoms with Crippen molar-refractivity contribution in [2.45, 2.75) is 39.8 Å². The summed E-state index contributed by atoms with van der Waals surface area (Å²) in [7, 11) is 5.97. The van der Waals surface area contributed by atoms with Crippen LogP contribution in [0.4, 0.5) is 0 Å². The summed E-state index contributed by atoms with van der Waals surface area (Å²) < 4.78 is 5.60. The van der Waals surface area contributed by atoms with Gasteiger partial charge in [-0.25, -0.2) is 0 Å². The fourth-order valence-electron chi connectivity index (χ4n) is 2.43. The quantitative estimate of drug-likeness (QED) is 0.557. The second kappa shape index (κ2) is 10.0. The molecule has 1 aromatic rings. The van der Waals surface area contributed by atoms with E-state index in [-0.39, 0.29) is 11.5 Å². The molecule has 1 aromatic heterocycles. The predicted molar refractivity (Wildman–Crippen MR) is 105 cm³/mol. The van der Waals surface area contributed by atoms with E-state index in [4.69, 9.17) is 9.73 Å². The molecule has 0 aliphatic carbocycles. The number of thiophene rings is 1. The third-order valence-corrected chi connectivity index (χ3v) is 4.94. The van der Waals surface area contributed by atoms with Crippen LogP contribution in [-0.2, 0) is 4.74 Å². The van der Waals surface area contributed by atoms with Gasteiger partial charge in [0, 0.05) is 25.1 Å². The Kier molecular flexibility index (Phi) is 8.73. The van der Waals surface area contributed by atoms with Gasteiger partial charge < -0.3 is 20.3 Å². The fourth-order valence-corrected chi connectivity index (χ4v) is 3.35. The fraction of sp³-hybridized carbons (Fsp3) is 0.722. The van der Waals surface area contributed by atoms with Crippen LogP contribution in [0.15, 0.2) is 22.5 Å². The van der Waals surface area contributed by atoms with Gasteiger partial charge in [-0.2, -0.15) is 0 Å². The number of likely N-dealkylation sites (N-methyl/N-ethyl adjacent to an activating group) is 1. The highest BCUT2D eigenvalue weighted by Crippen LogP contribution is 2.23. The van der Waals surface area contributed by atoms with Crippen molar-refractivity contribution in [2.24, 2.45) is 10.4 Å². The molecular weight excluding hydrogens is 320 g/mol. The molecule has 6 heteroatoms. The number of nitrogens with one attached hydrogen (secondary N) is 2. The molecule has 0 radical (unpaired) electrons. The number of guanidine groups is 1. The molecule has 0 fully saturated rings. The topological polar surface area (TPSA) is 48.9 Å². The molecule has 1 heterocycles. The summed E-state index contributed by atoms with van der Waals surface area (Å²) in [4.78, 5) is 8.30. The molecule has 0 aromatic carbocycles. The molecule has 2 unspecified atom stereocenters. The second-order valence-electron chi connectivity index (χ2n) is 7.19. The molecule has 0 aliphatic rings. The van der Waals surface area contributed by atoms with E-state index in [2.05, 4.69) is 74.8 Å². The van der Waals surface area contributed by atoms with Gasteiger partial charge >= 0.3 is 0 Å². The lowest BCUT2D eigenvalue weighted by atomic mass is 9.89. The summed E-state index contributed by atoms with van der Waals surface area (Å²) in [6.07, 6.45) is 0.0925. The van der Waals surface area contributed by atoms with Crippen LogP contribution in [0.2, 0.25) is 0 Å². The number of hydrogen-bond donors (Lipinski definition) is 2. The number of aliphatic imine (C=N–C) groups is 1. The molecule has 0 saturated heterocycles. The average molecular weight is 355 g/mol. The van der Waals surface area contributed by atoms with Crippen LogP contribution in [0, 0.1) is 5.41 Å². The smallest absolute Gasteiger partial charge is 0.191 e.